The number of nitrogens with one attached hydrogen (secondary N) is 2. The van der Waals surface area contributed by atoms with Gasteiger partial charge in [-0.3, -0.25) is 0 Å². The minimum atomic E-state index is 0.316. The van der Waals surface area contributed by atoms with Gasteiger partial charge in [-0.05, 0) is 37.9 Å². The molecule has 0 bridgehead atoms. The molecular formula is C16H20N6. The molecule has 0 aliphatic heterocycles. The average molecular weight is 296 g/mol. The molecule has 0 aromatic carbocycles. The van der Waals surface area contributed by atoms with Crippen LogP contribution in [0.25, 0.3) is 10.8 Å². The van der Waals surface area contributed by atoms with Gasteiger partial charge in [0, 0.05) is 29.1 Å². The van der Waals surface area contributed by atoms with Crippen LogP contribution in [-0.4, -0.2) is 28.6 Å². The summed E-state index contributed by atoms with van der Waals surface area (Å²) in [6.07, 6.45) is 5.13. The van der Waals surface area contributed by atoms with E-state index in [0.29, 0.717) is 23.6 Å². The van der Waals surface area contributed by atoms with E-state index in [0.717, 1.165) is 42.4 Å². The molecule has 0 atom stereocenters. The summed E-state index contributed by atoms with van der Waals surface area (Å²) in [7, 11) is 0. The van der Waals surface area contributed by atoms with E-state index >= 15 is 0 Å². The number of aromatic nitrogens is 2. The van der Waals surface area contributed by atoms with Crippen LogP contribution in [0.1, 0.15) is 31.9 Å². The Bertz CT molecular complexity index is 714. The maximum atomic E-state index is 8.91. The van der Waals surface area contributed by atoms with E-state index in [4.69, 9.17) is 11.0 Å². The Morgan fingerprint density at radius 3 is 2.91 bits per heavy atom. The van der Waals surface area contributed by atoms with Crippen LogP contribution >= 0.6 is 0 Å². The second-order valence-electron chi connectivity index (χ2n) is 5.76. The number of pyridine rings is 2. The summed E-state index contributed by atoms with van der Waals surface area (Å²) in [6, 6.07) is 6.68. The maximum absolute atomic E-state index is 8.91. The van der Waals surface area contributed by atoms with Crippen LogP contribution in [0.4, 0.5) is 11.6 Å². The predicted octanol–water partition coefficient (Wildman–Crippen LogP) is 2.03. The normalized spacial score (nSPS) is 20.4. The Morgan fingerprint density at radius 1 is 1.36 bits per heavy atom. The first-order chi connectivity index (χ1) is 10.7. The van der Waals surface area contributed by atoms with E-state index in [-0.39, 0.29) is 0 Å². The Labute approximate surface area is 129 Å². The highest BCUT2D eigenvalue weighted by atomic mass is 15.1. The Kier molecular flexibility index (Phi) is 4.07. The van der Waals surface area contributed by atoms with Gasteiger partial charge < -0.3 is 16.4 Å². The first kappa shape index (κ1) is 14.5. The van der Waals surface area contributed by atoms with Gasteiger partial charge in [0.25, 0.3) is 0 Å². The number of nitrogen functional groups attached to an aromatic ring is 1. The van der Waals surface area contributed by atoms with Gasteiger partial charge in [-0.15, -0.1) is 0 Å². The molecule has 0 spiro atoms. The molecule has 1 aliphatic rings. The molecule has 0 amide bonds. The number of fused-ring (bicyclic) bond motifs is 1. The van der Waals surface area contributed by atoms with E-state index in [1.54, 1.807) is 12.3 Å². The lowest BCUT2D eigenvalue weighted by atomic mass is 9.86. The first-order valence-electron chi connectivity index (χ1n) is 7.66. The number of hydrogen-bond donors (Lipinski definition) is 3. The average Bonchev–Trinajstić information content (AvgIpc) is 2.49. The van der Waals surface area contributed by atoms with E-state index < -0.39 is 0 Å². The minimum Gasteiger partial charge on any atom is -0.383 e. The molecule has 6 nitrogen and oxygen atoms in total. The summed E-state index contributed by atoms with van der Waals surface area (Å²) in [5.41, 5.74) is 6.24. The van der Waals surface area contributed by atoms with Crippen molar-refractivity contribution in [3.8, 4) is 6.07 Å². The summed E-state index contributed by atoms with van der Waals surface area (Å²) in [5.74, 6) is 1.18. The van der Waals surface area contributed by atoms with Crippen molar-refractivity contribution in [3.05, 3.63) is 24.0 Å². The maximum Gasteiger partial charge on any atom is 0.143 e. The highest BCUT2D eigenvalue weighted by molar-refractivity contribution is 5.92. The molecule has 1 saturated carbocycles. The molecule has 6 heteroatoms. The van der Waals surface area contributed by atoms with E-state index in [1.807, 2.05) is 12.1 Å². The van der Waals surface area contributed by atoms with Crippen LogP contribution in [0.3, 0.4) is 0 Å². The lowest BCUT2D eigenvalue weighted by Gasteiger charge is -2.36. The molecule has 22 heavy (non-hydrogen) atoms. The molecule has 0 saturated heterocycles. The fraction of sp³-hybridized carbons (Fsp3) is 0.438. The fourth-order valence-corrected chi connectivity index (χ4v) is 2.77. The highest BCUT2D eigenvalue weighted by Crippen LogP contribution is 2.26. The zero-order valence-corrected chi connectivity index (χ0v) is 12.6. The number of nitrogens with two attached hydrogens (primary N) is 1. The van der Waals surface area contributed by atoms with Gasteiger partial charge in [0.15, 0.2) is 0 Å². The minimum absolute atomic E-state index is 0.316. The summed E-state index contributed by atoms with van der Waals surface area (Å²) in [4.78, 5) is 8.48. The molecule has 4 N–H and O–H groups in total. The van der Waals surface area contributed by atoms with Crippen molar-refractivity contribution in [2.24, 2.45) is 0 Å². The van der Waals surface area contributed by atoms with Gasteiger partial charge in [-0.1, -0.05) is 6.92 Å². The van der Waals surface area contributed by atoms with Crippen molar-refractivity contribution in [2.75, 3.05) is 17.6 Å². The third kappa shape index (κ3) is 2.95. The second-order valence-corrected chi connectivity index (χ2v) is 5.76. The summed E-state index contributed by atoms with van der Waals surface area (Å²) < 4.78 is 0. The SMILES string of the molecule is CCCN[C@H]1C[C@H](Nc2cc3c(N)nc(C#N)cc3cn2)C1. The van der Waals surface area contributed by atoms with Crippen LogP contribution in [0, 0.1) is 11.3 Å². The largest absolute Gasteiger partial charge is 0.383 e. The Hall–Kier alpha value is -2.39. The standard InChI is InChI=1S/C16H20N6/c1-2-3-19-11-5-12(6-11)21-15-7-14-10(9-20-15)4-13(8-17)22-16(14)18/h4,7,9,11-12,19H,2-3,5-6H2,1H3,(H2,18,22)(H,20,21)/t11-,12-. The smallest absolute Gasteiger partial charge is 0.143 e. The van der Waals surface area contributed by atoms with Crippen LogP contribution in [0.2, 0.25) is 0 Å². The number of nitrogens with zero attached hydrogens (tertiary/aromatic N) is 3. The van der Waals surface area contributed by atoms with Crippen molar-refractivity contribution in [1.29, 1.82) is 5.26 Å². The van der Waals surface area contributed by atoms with Gasteiger partial charge in [0.1, 0.15) is 23.4 Å². The van der Waals surface area contributed by atoms with Crippen molar-refractivity contribution >= 4 is 22.4 Å². The topological polar surface area (TPSA) is 99.6 Å². The number of anilines is 2. The monoisotopic (exact) mass is 296 g/mol. The van der Waals surface area contributed by atoms with Crippen molar-refractivity contribution in [3.63, 3.8) is 0 Å². The molecule has 2 aromatic rings. The molecule has 3 rings (SSSR count). The van der Waals surface area contributed by atoms with E-state index in [9.17, 15) is 0 Å². The Balaban J connectivity index is 1.69. The number of hydrogen-bond acceptors (Lipinski definition) is 6. The molecule has 2 aromatic heterocycles. The number of nitriles is 1. The fourth-order valence-electron chi connectivity index (χ4n) is 2.77. The van der Waals surface area contributed by atoms with Crippen LogP contribution in [0.15, 0.2) is 18.3 Å². The van der Waals surface area contributed by atoms with Crippen molar-refractivity contribution in [1.82, 2.24) is 15.3 Å². The predicted molar refractivity (Wildman–Crippen MR) is 87.4 cm³/mol. The summed E-state index contributed by atoms with van der Waals surface area (Å²) in [5, 5.41) is 17.5. The molecule has 2 heterocycles. The van der Waals surface area contributed by atoms with Gasteiger partial charge in [-0.25, -0.2) is 9.97 Å². The third-order valence-corrected chi connectivity index (χ3v) is 4.03. The second kappa shape index (κ2) is 6.16. The molecular weight excluding hydrogens is 276 g/mol. The van der Waals surface area contributed by atoms with Crippen LogP contribution < -0.4 is 16.4 Å². The van der Waals surface area contributed by atoms with E-state index in [2.05, 4.69) is 27.5 Å². The zero-order chi connectivity index (χ0) is 15.5. The van der Waals surface area contributed by atoms with Crippen LogP contribution in [0.5, 0.6) is 0 Å². The van der Waals surface area contributed by atoms with Crippen LogP contribution in [-0.2, 0) is 0 Å². The molecule has 0 radical (unpaired) electrons. The van der Waals surface area contributed by atoms with E-state index in [1.165, 1.54) is 0 Å². The van der Waals surface area contributed by atoms with Gasteiger partial charge >= 0.3 is 0 Å². The summed E-state index contributed by atoms with van der Waals surface area (Å²) >= 11 is 0. The van der Waals surface area contributed by atoms with Crippen molar-refractivity contribution in [2.45, 2.75) is 38.3 Å². The first-order valence-corrected chi connectivity index (χ1v) is 7.66. The van der Waals surface area contributed by atoms with Gasteiger partial charge in [-0.2, -0.15) is 5.26 Å². The quantitative estimate of drug-likeness (QED) is 0.780. The van der Waals surface area contributed by atoms with Gasteiger partial charge in [0.2, 0.25) is 0 Å². The molecule has 1 aliphatic carbocycles. The lowest BCUT2D eigenvalue weighted by Crippen LogP contribution is -2.47. The van der Waals surface area contributed by atoms with Gasteiger partial charge in [0.05, 0.1) is 0 Å². The summed E-state index contributed by atoms with van der Waals surface area (Å²) in [6.45, 7) is 3.26. The zero-order valence-electron chi connectivity index (χ0n) is 12.6. The highest BCUT2D eigenvalue weighted by Gasteiger charge is 2.28. The lowest BCUT2D eigenvalue weighted by molar-refractivity contribution is 0.309. The Morgan fingerprint density at radius 2 is 2.18 bits per heavy atom. The third-order valence-electron chi connectivity index (χ3n) is 4.03. The molecule has 1 fully saturated rings. The van der Waals surface area contributed by atoms with Crippen molar-refractivity contribution < 1.29 is 0 Å². The molecule has 0 unspecified atom stereocenters. The number of rotatable bonds is 5. The molecule has 114 valence electrons.